The van der Waals surface area contributed by atoms with Gasteiger partial charge < -0.3 is 10.1 Å². The van der Waals surface area contributed by atoms with Crippen molar-refractivity contribution in [3.8, 4) is 5.75 Å². The van der Waals surface area contributed by atoms with Crippen molar-refractivity contribution in [1.29, 1.82) is 0 Å². The molecule has 2 amide bonds. The molecule has 7 heteroatoms. The average Bonchev–Trinajstić information content (AvgIpc) is 2.66. The molecule has 0 fully saturated rings. The van der Waals surface area contributed by atoms with Crippen molar-refractivity contribution in [2.75, 3.05) is 7.11 Å². The summed E-state index contributed by atoms with van der Waals surface area (Å²) in [5.41, 5.74) is 3.06. The number of hydrogen-bond donors (Lipinski definition) is 2. The highest BCUT2D eigenvalue weighted by atomic mass is 19.1. The van der Waals surface area contributed by atoms with Crippen molar-refractivity contribution in [3.63, 3.8) is 0 Å². The van der Waals surface area contributed by atoms with Crippen LogP contribution in [0.1, 0.15) is 29.8 Å². The molecule has 0 saturated carbocycles. The van der Waals surface area contributed by atoms with Crippen LogP contribution in [0.5, 0.6) is 5.75 Å². The van der Waals surface area contributed by atoms with Gasteiger partial charge in [0.2, 0.25) is 0 Å². The zero-order valence-corrected chi connectivity index (χ0v) is 15.4. The summed E-state index contributed by atoms with van der Waals surface area (Å²) in [4.78, 5) is 24.6. The van der Waals surface area contributed by atoms with Crippen LogP contribution in [0.15, 0.2) is 53.6 Å². The van der Waals surface area contributed by atoms with E-state index in [1.165, 1.54) is 24.4 Å². The number of halogens is 1. The number of carbonyl (C=O) groups is 2. The second kappa shape index (κ2) is 9.47. The van der Waals surface area contributed by atoms with E-state index < -0.39 is 23.7 Å². The first-order valence-electron chi connectivity index (χ1n) is 8.44. The Morgan fingerprint density at radius 2 is 1.78 bits per heavy atom. The van der Waals surface area contributed by atoms with Crippen molar-refractivity contribution < 1.29 is 18.7 Å². The maximum Gasteiger partial charge on any atom is 0.262 e. The lowest BCUT2D eigenvalue weighted by Crippen LogP contribution is -2.48. The van der Waals surface area contributed by atoms with Crippen molar-refractivity contribution in [2.24, 2.45) is 11.0 Å². The summed E-state index contributed by atoms with van der Waals surface area (Å²) in [6.45, 7) is 3.55. The smallest absolute Gasteiger partial charge is 0.262 e. The molecule has 0 aromatic heterocycles. The van der Waals surface area contributed by atoms with Gasteiger partial charge in [-0.2, -0.15) is 5.10 Å². The molecular weight excluding hydrogens is 349 g/mol. The molecule has 0 radical (unpaired) electrons. The first kappa shape index (κ1) is 20.1. The highest BCUT2D eigenvalue weighted by Crippen LogP contribution is 2.10. The van der Waals surface area contributed by atoms with Gasteiger partial charge in [0.15, 0.2) is 0 Å². The Hall–Kier alpha value is -3.22. The fraction of sp³-hybridized carbons (Fsp3) is 0.250. The number of amides is 2. The Kier molecular flexibility index (Phi) is 7.05. The molecule has 142 valence electrons. The van der Waals surface area contributed by atoms with Crippen molar-refractivity contribution in [1.82, 2.24) is 10.7 Å². The molecule has 6 nitrogen and oxygen atoms in total. The normalized spacial score (nSPS) is 12.0. The van der Waals surface area contributed by atoms with Crippen LogP contribution < -0.4 is 15.5 Å². The van der Waals surface area contributed by atoms with Gasteiger partial charge in [0, 0.05) is 0 Å². The molecule has 27 heavy (non-hydrogen) atoms. The highest BCUT2D eigenvalue weighted by molar-refractivity contribution is 5.98. The van der Waals surface area contributed by atoms with Gasteiger partial charge in [0.05, 0.1) is 18.9 Å². The fourth-order valence-corrected chi connectivity index (χ4v) is 2.33. The minimum Gasteiger partial charge on any atom is -0.497 e. The summed E-state index contributed by atoms with van der Waals surface area (Å²) < 4.78 is 18.8. The molecule has 1 unspecified atom stereocenters. The molecule has 0 heterocycles. The number of ether oxygens (including phenoxy) is 1. The highest BCUT2D eigenvalue weighted by Gasteiger charge is 2.25. The Bertz CT molecular complexity index is 819. The zero-order valence-electron chi connectivity index (χ0n) is 15.4. The van der Waals surface area contributed by atoms with Crippen molar-refractivity contribution in [3.05, 3.63) is 65.5 Å². The van der Waals surface area contributed by atoms with Crippen LogP contribution in [0, 0.1) is 11.7 Å². The van der Waals surface area contributed by atoms with E-state index in [2.05, 4.69) is 15.8 Å². The Labute approximate surface area is 157 Å². The molecule has 0 bridgehead atoms. The fourth-order valence-electron chi connectivity index (χ4n) is 2.33. The van der Waals surface area contributed by atoms with Crippen LogP contribution in [-0.4, -0.2) is 31.2 Å². The predicted molar refractivity (Wildman–Crippen MR) is 101 cm³/mol. The van der Waals surface area contributed by atoms with E-state index in [4.69, 9.17) is 4.74 Å². The van der Waals surface area contributed by atoms with Crippen LogP contribution in [0.3, 0.4) is 0 Å². The number of methoxy groups -OCH3 is 1. The van der Waals surface area contributed by atoms with Crippen molar-refractivity contribution >= 4 is 18.0 Å². The summed E-state index contributed by atoms with van der Waals surface area (Å²) >= 11 is 0. The first-order valence-corrected chi connectivity index (χ1v) is 8.44. The summed E-state index contributed by atoms with van der Waals surface area (Å²) in [5, 5.41) is 6.46. The van der Waals surface area contributed by atoms with E-state index >= 15 is 0 Å². The second-order valence-corrected chi connectivity index (χ2v) is 6.18. The molecule has 0 saturated heterocycles. The number of carbonyl (C=O) groups excluding carboxylic acids is 2. The molecule has 0 aliphatic rings. The predicted octanol–water partition coefficient (Wildman–Crippen LogP) is 2.74. The third-order valence-corrected chi connectivity index (χ3v) is 3.86. The molecule has 2 aromatic rings. The van der Waals surface area contributed by atoms with Gasteiger partial charge in [-0.1, -0.05) is 26.0 Å². The largest absolute Gasteiger partial charge is 0.497 e. The van der Waals surface area contributed by atoms with Crippen LogP contribution in [0.25, 0.3) is 0 Å². The molecule has 2 aromatic carbocycles. The van der Waals surface area contributed by atoms with Crippen LogP contribution >= 0.6 is 0 Å². The maximum atomic E-state index is 13.7. The Morgan fingerprint density at radius 3 is 2.37 bits per heavy atom. The first-order chi connectivity index (χ1) is 12.9. The topological polar surface area (TPSA) is 79.8 Å². The lowest BCUT2D eigenvalue weighted by molar-refractivity contribution is -0.123. The minimum absolute atomic E-state index is 0.113. The third kappa shape index (κ3) is 5.64. The molecule has 1 atom stereocenters. The molecule has 2 N–H and O–H groups in total. The average molecular weight is 371 g/mol. The monoisotopic (exact) mass is 371 g/mol. The SMILES string of the molecule is COc1ccc(C=NNC(=O)C(NC(=O)c2ccccc2F)C(C)C)cc1. The van der Waals surface area contributed by atoms with Gasteiger partial charge in [-0.15, -0.1) is 0 Å². The van der Waals surface area contributed by atoms with Gasteiger partial charge in [-0.05, 0) is 47.9 Å². The Morgan fingerprint density at radius 1 is 1.11 bits per heavy atom. The number of rotatable bonds is 7. The molecule has 2 rings (SSSR count). The van der Waals surface area contributed by atoms with Crippen LogP contribution in [-0.2, 0) is 4.79 Å². The Balaban J connectivity index is 2.00. The maximum absolute atomic E-state index is 13.7. The number of nitrogens with one attached hydrogen (secondary N) is 2. The molecular formula is C20H22FN3O3. The standard InChI is InChI=1S/C20H22FN3O3/c1-13(2)18(23-19(25)16-6-4-5-7-17(16)21)20(26)24-22-12-14-8-10-15(27-3)11-9-14/h4-13,18H,1-3H3,(H,23,25)(H,24,26). The van der Waals surface area contributed by atoms with Gasteiger partial charge in [0.25, 0.3) is 11.8 Å². The minimum atomic E-state index is -0.856. The van der Waals surface area contributed by atoms with E-state index in [0.29, 0.717) is 5.75 Å². The number of hydrazone groups is 1. The van der Waals surface area contributed by atoms with E-state index in [9.17, 15) is 14.0 Å². The van der Waals surface area contributed by atoms with Gasteiger partial charge in [0.1, 0.15) is 17.6 Å². The molecule has 0 spiro atoms. The number of nitrogens with zero attached hydrogens (tertiary/aromatic N) is 1. The molecule has 0 aliphatic carbocycles. The quantitative estimate of drug-likeness (QED) is 0.580. The summed E-state index contributed by atoms with van der Waals surface area (Å²) in [7, 11) is 1.57. The summed E-state index contributed by atoms with van der Waals surface area (Å²) in [6.07, 6.45) is 1.48. The van der Waals surface area contributed by atoms with E-state index in [-0.39, 0.29) is 11.5 Å². The van der Waals surface area contributed by atoms with Gasteiger partial charge >= 0.3 is 0 Å². The van der Waals surface area contributed by atoms with Crippen LogP contribution in [0.2, 0.25) is 0 Å². The third-order valence-electron chi connectivity index (χ3n) is 3.86. The lowest BCUT2D eigenvalue weighted by atomic mass is 10.0. The van der Waals surface area contributed by atoms with Crippen LogP contribution in [0.4, 0.5) is 4.39 Å². The van der Waals surface area contributed by atoms with Gasteiger partial charge in [-0.3, -0.25) is 9.59 Å². The second-order valence-electron chi connectivity index (χ2n) is 6.18. The van der Waals surface area contributed by atoms with Gasteiger partial charge in [-0.25, -0.2) is 9.82 Å². The van der Waals surface area contributed by atoms with E-state index in [1.807, 2.05) is 0 Å². The zero-order chi connectivity index (χ0) is 19.8. The molecule has 0 aliphatic heterocycles. The van der Waals surface area contributed by atoms with Crippen molar-refractivity contribution in [2.45, 2.75) is 19.9 Å². The number of benzene rings is 2. The van der Waals surface area contributed by atoms with E-state index in [1.54, 1.807) is 51.3 Å². The van der Waals surface area contributed by atoms with E-state index in [0.717, 1.165) is 5.56 Å². The number of hydrogen-bond acceptors (Lipinski definition) is 4. The summed E-state index contributed by atoms with van der Waals surface area (Å²) in [6, 6.07) is 11.9. The summed E-state index contributed by atoms with van der Waals surface area (Å²) in [5.74, 6) is -1.28. The lowest BCUT2D eigenvalue weighted by Gasteiger charge is -2.20.